The topological polar surface area (TPSA) is 46.5 Å². The Bertz CT molecular complexity index is 862. The van der Waals surface area contributed by atoms with Gasteiger partial charge in [0.05, 0.1) is 18.5 Å². The lowest BCUT2D eigenvalue weighted by atomic mass is 10.2. The number of anilines is 1. The normalized spacial score (nSPS) is 11.0. The first kappa shape index (κ1) is 18.4. The molecule has 1 N–H and O–H groups in total. The van der Waals surface area contributed by atoms with Gasteiger partial charge >= 0.3 is 0 Å². The highest BCUT2D eigenvalue weighted by Crippen LogP contribution is 2.26. The molecule has 2 aromatic carbocycles. The van der Waals surface area contributed by atoms with Crippen LogP contribution in [-0.2, 0) is 0 Å². The number of benzene rings is 2. The number of para-hydroxylation sites is 1. The molecule has 0 saturated carbocycles. The van der Waals surface area contributed by atoms with Crippen molar-refractivity contribution in [2.24, 2.45) is 5.10 Å². The second-order valence-electron chi connectivity index (χ2n) is 5.65. The minimum atomic E-state index is 0.714. The first-order valence-corrected chi connectivity index (χ1v) is 9.74. The zero-order valence-electron chi connectivity index (χ0n) is 14.5. The highest BCUT2D eigenvalue weighted by atomic mass is 35.5. The SMILES string of the molecule is CCCCOc1ccccc1/C=N/Nc1nc(-c2ccc(Cl)cc2)cs1. The van der Waals surface area contributed by atoms with Crippen LogP contribution in [0.15, 0.2) is 59.0 Å². The van der Waals surface area contributed by atoms with Crippen LogP contribution >= 0.6 is 22.9 Å². The van der Waals surface area contributed by atoms with Crippen LogP contribution in [0.2, 0.25) is 5.02 Å². The maximum Gasteiger partial charge on any atom is 0.203 e. The first-order chi connectivity index (χ1) is 12.8. The van der Waals surface area contributed by atoms with E-state index < -0.39 is 0 Å². The van der Waals surface area contributed by atoms with Crippen molar-refractivity contribution in [3.63, 3.8) is 0 Å². The van der Waals surface area contributed by atoms with E-state index in [-0.39, 0.29) is 0 Å². The molecule has 0 aliphatic heterocycles. The number of thiazole rings is 1. The minimum Gasteiger partial charge on any atom is -0.493 e. The van der Waals surface area contributed by atoms with E-state index in [1.165, 1.54) is 11.3 Å². The third-order valence-electron chi connectivity index (χ3n) is 3.68. The molecule has 4 nitrogen and oxygen atoms in total. The lowest BCUT2D eigenvalue weighted by molar-refractivity contribution is 0.309. The molecule has 0 fully saturated rings. The Hall–Kier alpha value is -2.37. The second kappa shape index (κ2) is 9.36. The highest BCUT2D eigenvalue weighted by molar-refractivity contribution is 7.14. The Morgan fingerprint density at radius 2 is 2.00 bits per heavy atom. The van der Waals surface area contributed by atoms with E-state index in [0.717, 1.165) is 40.5 Å². The number of hydrogen-bond donors (Lipinski definition) is 1. The number of ether oxygens (including phenoxy) is 1. The molecule has 6 heteroatoms. The zero-order chi connectivity index (χ0) is 18.2. The van der Waals surface area contributed by atoms with Gasteiger partial charge in [0.25, 0.3) is 0 Å². The van der Waals surface area contributed by atoms with Gasteiger partial charge in [-0.25, -0.2) is 4.98 Å². The summed E-state index contributed by atoms with van der Waals surface area (Å²) in [5.41, 5.74) is 5.84. The van der Waals surface area contributed by atoms with Crippen molar-refractivity contribution >= 4 is 34.3 Å². The fourth-order valence-electron chi connectivity index (χ4n) is 2.28. The lowest BCUT2D eigenvalue weighted by Crippen LogP contribution is -2.00. The van der Waals surface area contributed by atoms with E-state index in [0.29, 0.717) is 11.6 Å². The summed E-state index contributed by atoms with van der Waals surface area (Å²) >= 11 is 7.43. The van der Waals surface area contributed by atoms with Gasteiger partial charge in [-0.3, -0.25) is 5.43 Å². The van der Waals surface area contributed by atoms with Gasteiger partial charge in [0.15, 0.2) is 0 Å². The van der Waals surface area contributed by atoms with Gasteiger partial charge in [-0.15, -0.1) is 11.3 Å². The molecule has 26 heavy (non-hydrogen) atoms. The van der Waals surface area contributed by atoms with Crippen LogP contribution in [0.1, 0.15) is 25.3 Å². The summed E-state index contributed by atoms with van der Waals surface area (Å²) in [6.45, 7) is 2.86. The summed E-state index contributed by atoms with van der Waals surface area (Å²) in [5, 5.41) is 7.73. The van der Waals surface area contributed by atoms with Crippen LogP contribution in [0.5, 0.6) is 5.75 Å². The Labute approximate surface area is 162 Å². The smallest absolute Gasteiger partial charge is 0.203 e. The second-order valence-corrected chi connectivity index (χ2v) is 6.95. The molecule has 3 rings (SSSR count). The monoisotopic (exact) mass is 385 g/mol. The van der Waals surface area contributed by atoms with E-state index in [2.05, 4.69) is 22.4 Å². The minimum absolute atomic E-state index is 0.714. The fourth-order valence-corrected chi connectivity index (χ4v) is 3.07. The highest BCUT2D eigenvalue weighted by Gasteiger charge is 2.04. The number of hydrogen-bond acceptors (Lipinski definition) is 5. The number of nitrogens with zero attached hydrogens (tertiary/aromatic N) is 2. The van der Waals surface area contributed by atoms with Crippen molar-refractivity contribution in [2.45, 2.75) is 19.8 Å². The lowest BCUT2D eigenvalue weighted by Gasteiger charge is -2.07. The van der Waals surface area contributed by atoms with Gasteiger partial charge < -0.3 is 4.74 Å². The summed E-state index contributed by atoms with van der Waals surface area (Å²) in [6, 6.07) is 15.5. The van der Waals surface area contributed by atoms with E-state index in [1.807, 2.05) is 53.9 Å². The largest absolute Gasteiger partial charge is 0.493 e. The molecule has 0 unspecified atom stereocenters. The van der Waals surface area contributed by atoms with E-state index >= 15 is 0 Å². The molecule has 134 valence electrons. The fraction of sp³-hybridized carbons (Fsp3) is 0.200. The number of aromatic nitrogens is 1. The average Bonchev–Trinajstić information content (AvgIpc) is 3.13. The number of hydrazone groups is 1. The first-order valence-electron chi connectivity index (χ1n) is 8.48. The van der Waals surface area contributed by atoms with Crippen molar-refractivity contribution in [1.29, 1.82) is 0 Å². The maximum atomic E-state index is 5.92. The molecule has 0 spiro atoms. The third kappa shape index (κ3) is 5.07. The molecule has 0 amide bonds. The molecular weight excluding hydrogens is 366 g/mol. The third-order valence-corrected chi connectivity index (χ3v) is 4.68. The Balaban J connectivity index is 1.63. The van der Waals surface area contributed by atoms with Crippen molar-refractivity contribution < 1.29 is 4.74 Å². The standard InChI is InChI=1S/C20H20ClN3OS/c1-2-3-12-25-19-7-5-4-6-16(19)13-22-24-20-23-18(14-26-20)15-8-10-17(21)11-9-15/h4-11,13-14H,2-3,12H2,1H3,(H,23,24)/b22-13+. The number of nitrogens with one attached hydrogen (secondary N) is 1. The molecule has 1 heterocycles. The van der Waals surface area contributed by atoms with Gasteiger partial charge in [0, 0.05) is 21.5 Å². The summed E-state index contributed by atoms with van der Waals surface area (Å²) in [4.78, 5) is 4.54. The molecule has 0 aliphatic rings. The Morgan fingerprint density at radius 1 is 1.19 bits per heavy atom. The predicted octanol–water partition coefficient (Wildman–Crippen LogP) is 6.09. The zero-order valence-corrected chi connectivity index (χ0v) is 16.1. The van der Waals surface area contributed by atoms with Gasteiger partial charge in [0.2, 0.25) is 5.13 Å². The predicted molar refractivity (Wildman–Crippen MR) is 111 cm³/mol. The van der Waals surface area contributed by atoms with Gasteiger partial charge in [0.1, 0.15) is 5.75 Å². The van der Waals surface area contributed by atoms with Gasteiger partial charge in [-0.2, -0.15) is 5.10 Å². The molecule has 1 aromatic heterocycles. The molecular formula is C20H20ClN3OS. The van der Waals surface area contributed by atoms with Crippen molar-refractivity contribution in [1.82, 2.24) is 4.98 Å². The van der Waals surface area contributed by atoms with Crippen molar-refractivity contribution in [3.8, 4) is 17.0 Å². The van der Waals surface area contributed by atoms with E-state index in [1.54, 1.807) is 6.21 Å². The van der Waals surface area contributed by atoms with Crippen molar-refractivity contribution in [3.05, 3.63) is 64.5 Å². The summed E-state index contributed by atoms with van der Waals surface area (Å²) in [7, 11) is 0. The number of rotatable bonds is 8. The number of unbranched alkanes of at least 4 members (excludes halogenated alkanes) is 1. The Morgan fingerprint density at radius 3 is 2.81 bits per heavy atom. The van der Waals surface area contributed by atoms with Crippen LogP contribution in [0.3, 0.4) is 0 Å². The molecule has 0 radical (unpaired) electrons. The average molecular weight is 386 g/mol. The van der Waals surface area contributed by atoms with Gasteiger partial charge in [-0.1, -0.05) is 49.2 Å². The van der Waals surface area contributed by atoms with Crippen LogP contribution in [0.4, 0.5) is 5.13 Å². The van der Waals surface area contributed by atoms with E-state index in [9.17, 15) is 0 Å². The van der Waals surface area contributed by atoms with Crippen LogP contribution in [0.25, 0.3) is 11.3 Å². The molecule has 3 aromatic rings. The molecule has 0 saturated heterocycles. The van der Waals surface area contributed by atoms with Crippen LogP contribution in [0, 0.1) is 0 Å². The molecule has 0 atom stereocenters. The molecule has 0 bridgehead atoms. The van der Waals surface area contributed by atoms with Crippen molar-refractivity contribution in [2.75, 3.05) is 12.0 Å². The molecule has 0 aliphatic carbocycles. The van der Waals surface area contributed by atoms with E-state index in [4.69, 9.17) is 16.3 Å². The summed E-state index contributed by atoms with van der Waals surface area (Å²) < 4.78 is 5.81. The summed E-state index contributed by atoms with van der Waals surface area (Å²) in [6.07, 6.45) is 3.90. The quantitative estimate of drug-likeness (QED) is 0.290. The summed E-state index contributed by atoms with van der Waals surface area (Å²) in [5.74, 6) is 0.840. The van der Waals surface area contributed by atoms with Crippen LogP contribution < -0.4 is 10.2 Å². The maximum absolute atomic E-state index is 5.92. The number of halogens is 1. The van der Waals surface area contributed by atoms with Crippen LogP contribution in [-0.4, -0.2) is 17.8 Å². The van der Waals surface area contributed by atoms with Gasteiger partial charge in [-0.05, 0) is 30.7 Å². The Kier molecular flexibility index (Phi) is 6.63.